The molecule has 2 aromatic rings. The fraction of sp³-hybridized carbons (Fsp3) is 0.571. The van der Waals surface area contributed by atoms with Crippen molar-refractivity contribution in [2.75, 3.05) is 37.7 Å². The second-order valence-electron chi connectivity index (χ2n) is 7.98. The van der Waals surface area contributed by atoms with Gasteiger partial charge in [0.1, 0.15) is 0 Å². The molecule has 1 saturated carbocycles. The summed E-state index contributed by atoms with van der Waals surface area (Å²) < 4.78 is 5.44. The quantitative estimate of drug-likeness (QED) is 0.796. The van der Waals surface area contributed by atoms with Crippen LogP contribution in [0.2, 0.25) is 0 Å². The fourth-order valence-electron chi connectivity index (χ4n) is 4.78. The number of carbonyl (C=O) groups is 1. The second-order valence-corrected chi connectivity index (χ2v) is 8.93. The standard InChI is InChI=1S/C21H26N4O2S/c26-19(21(6-1-2-7-21)18-4-3-13-28-18)25-8-5-16-14-22-20(23-17(16)15-25)24-9-11-27-12-10-24/h3-4,13-14H,1-2,5-12,15H2. The SMILES string of the molecule is O=C(N1CCc2cnc(N3CCOCC3)nc2C1)C1(c2cccs2)CCCC1. The minimum atomic E-state index is -0.314. The summed E-state index contributed by atoms with van der Waals surface area (Å²) in [5.41, 5.74) is 1.87. The van der Waals surface area contributed by atoms with Crippen LogP contribution < -0.4 is 4.90 Å². The van der Waals surface area contributed by atoms with E-state index in [4.69, 9.17) is 9.72 Å². The van der Waals surface area contributed by atoms with Crippen molar-refractivity contribution in [2.45, 2.75) is 44.1 Å². The Bertz CT molecular complexity index is 842. The molecule has 6 nitrogen and oxygen atoms in total. The molecule has 0 N–H and O–H groups in total. The zero-order valence-electron chi connectivity index (χ0n) is 16.1. The highest BCUT2D eigenvalue weighted by Crippen LogP contribution is 2.45. The Hall–Kier alpha value is -1.99. The van der Waals surface area contributed by atoms with Gasteiger partial charge in [-0.15, -0.1) is 11.3 Å². The number of aromatic nitrogens is 2. The maximum Gasteiger partial charge on any atom is 0.234 e. The van der Waals surface area contributed by atoms with Crippen LogP contribution in [0.3, 0.4) is 0 Å². The third-order valence-electron chi connectivity index (χ3n) is 6.37. The van der Waals surface area contributed by atoms with E-state index < -0.39 is 0 Å². The summed E-state index contributed by atoms with van der Waals surface area (Å²) in [6, 6.07) is 4.21. The zero-order chi connectivity index (χ0) is 19.0. The first-order valence-electron chi connectivity index (χ1n) is 10.3. The third kappa shape index (κ3) is 3.10. The molecule has 28 heavy (non-hydrogen) atoms. The molecule has 2 aliphatic heterocycles. The molecule has 4 heterocycles. The molecular formula is C21H26N4O2S. The smallest absolute Gasteiger partial charge is 0.234 e. The highest BCUT2D eigenvalue weighted by molar-refractivity contribution is 7.10. The topological polar surface area (TPSA) is 58.6 Å². The Morgan fingerprint density at radius 3 is 2.75 bits per heavy atom. The number of carbonyl (C=O) groups excluding carboxylic acids is 1. The molecule has 2 fully saturated rings. The largest absolute Gasteiger partial charge is 0.378 e. The van der Waals surface area contributed by atoms with E-state index in [1.807, 2.05) is 11.1 Å². The molecule has 7 heteroatoms. The van der Waals surface area contributed by atoms with Crippen LogP contribution in [0, 0.1) is 0 Å². The van der Waals surface area contributed by atoms with Gasteiger partial charge in [0.25, 0.3) is 0 Å². The third-order valence-corrected chi connectivity index (χ3v) is 7.45. The predicted octanol–water partition coefficient (Wildman–Crippen LogP) is 2.77. The minimum absolute atomic E-state index is 0.296. The number of fused-ring (bicyclic) bond motifs is 1. The molecule has 1 amide bonds. The average Bonchev–Trinajstić information content (AvgIpc) is 3.46. The van der Waals surface area contributed by atoms with E-state index in [0.29, 0.717) is 25.7 Å². The lowest BCUT2D eigenvalue weighted by molar-refractivity contribution is -0.138. The van der Waals surface area contributed by atoms with Gasteiger partial charge in [-0.2, -0.15) is 0 Å². The van der Waals surface area contributed by atoms with Gasteiger partial charge in [0.05, 0.1) is 30.9 Å². The summed E-state index contributed by atoms with van der Waals surface area (Å²) in [7, 11) is 0. The van der Waals surface area contributed by atoms with Crippen LogP contribution in [0.15, 0.2) is 23.7 Å². The predicted molar refractivity (Wildman–Crippen MR) is 109 cm³/mol. The van der Waals surface area contributed by atoms with Crippen molar-refractivity contribution >= 4 is 23.2 Å². The van der Waals surface area contributed by atoms with Crippen LogP contribution in [0.1, 0.15) is 41.8 Å². The van der Waals surface area contributed by atoms with Gasteiger partial charge in [-0.1, -0.05) is 18.9 Å². The van der Waals surface area contributed by atoms with Crippen molar-refractivity contribution in [3.05, 3.63) is 39.8 Å². The lowest BCUT2D eigenvalue weighted by atomic mass is 9.82. The van der Waals surface area contributed by atoms with Crippen LogP contribution in [-0.2, 0) is 27.9 Å². The number of morpholine rings is 1. The monoisotopic (exact) mass is 398 g/mol. The summed E-state index contributed by atoms with van der Waals surface area (Å²) in [6.45, 7) is 4.44. The van der Waals surface area contributed by atoms with Crippen molar-refractivity contribution in [1.29, 1.82) is 0 Å². The number of nitrogens with zero attached hydrogens (tertiary/aromatic N) is 4. The van der Waals surface area contributed by atoms with Crippen LogP contribution in [0.5, 0.6) is 0 Å². The molecule has 148 valence electrons. The van der Waals surface area contributed by atoms with Crippen molar-refractivity contribution in [3.8, 4) is 0 Å². The molecule has 2 aromatic heterocycles. The fourth-order valence-corrected chi connectivity index (χ4v) is 5.76. The molecule has 0 radical (unpaired) electrons. The molecule has 0 spiro atoms. The van der Waals surface area contributed by atoms with E-state index in [0.717, 1.165) is 63.4 Å². The van der Waals surface area contributed by atoms with E-state index in [2.05, 4.69) is 27.4 Å². The van der Waals surface area contributed by atoms with Crippen LogP contribution in [-0.4, -0.2) is 53.6 Å². The zero-order valence-corrected chi connectivity index (χ0v) is 16.9. The Morgan fingerprint density at radius 2 is 2.00 bits per heavy atom. The summed E-state index contributed by atoms with van der Waals surface area (Å²) in [5.74, 6) is 1.06. The lowest BCUT2D eigenvalue weighted by Crippen LogP contribution is -2.47. The van der Waals surface area contributed by atoms with Gasteiger partial charge in [-0.3, -0.25) is 4.79 Å². The Kier molecular flexibility index (Phi) is 4.80. The molecule has 0 unspecified atom stereocenters. The number of hydrogen-bond donors (Lipinski definition) is 0. The molecule has 1 aliphatic carbocycles. The van der Waals surface area contributed by atoms with E-state index in [1.165, 1.54) is 10.4 Å². The second kappa shape index (κ2) is 7.44. The summed E-state index contributed by atoms with van der Waals surface area (Å²) in [5, 5.41) is 2.09. The van der Waals surface area contributed by atoms with Crippen molar-refractivity contribution < 1.29 is 9.53 Å². The van der Waals surface area contributed by atoms with Crippen LogP contribution >= 0.6 is 11.3 Å². The first-order chi connectivity index (χ1) is 13.8. The van der Waals surface area contributed by atoms with Crippen LogP contribution in [0.4, 0.5) is 5.95 Å². The normalized spacial score (nSPS) is 21.6. The molecular weight excluding hydrogens is 372 g/mol. The van der Waals surface area contributed by atoms with Gasteiger partial charge in [0, 0.05) is 30.7 Å². The van der Waals surface area contributed by atoms with Crippen molar-refractivity contribution in [1.82, 2.24) is 14.9 Å². The maximum atomic E-state index is 13.7. The number of amides is 1. The number of ether oxygens (including phenoxy) is 1. The van der Waals surface area contributed by atoms with Crippen molar-refractivity contribution in [2.24, 2.45) is 0 Å². The van der Waals surface area contributed by atoms with Crippen LogP contribution in [0.25, 0.3) is 0 Å². The Morgan fingerprint density at radius 1 is 1.18 bits per heavy atom. The van der Waals surface area contributed by atoms with E-state index in [-0.39, 0.29) is 5.41 Å². The van der Waals surface area contributed by atoms with Gasteiger partial charge >= 0.3 is 0 Å². The van der Waals surface area contributed by atoms with Gasteiger partial charge in [0.2, 0.25) is 11.9 Å². The van der Waals surface area contributed by atoms with Gasteiger partial charge in [-0.25, -0.2) is 9.97 Å². The number of hydrogen-bond acceptors (Lipinski definition) is 6. The molecule has 1 saturated heterocycles. The van der Waals surface area contributed by atoms with E-state index >= 15 is 0 Å². The van der Waals surface area contributed by atoms with Gasteiger partial charge in [0.15, 0.2) is 0 Å². The summed E-state index contributed by atoms with van der Waals surface area (Å²) in [4.78, 5) is 28.6. The summed E-state index contributed by atoms with van der Waals surface area (Å²) in [6.07, 6.45) is 7.01. The molecule has 0 aromatic carbocycles. The Labute approximate surface area is 169 Å². The number of thiophene rings is 1. The first-order valence-corrected chi connectivity index (χ1v) is 11.2. The van der Waals surface area contributed by atoms with E-state index in [9.17, 15) is 4.79 Å². The van der Waals surface area contributed by atoms with Gasteiger partial charge in [-0.05, 0) is 36.3 Å². The number of anilines is 1. The molecule has 0 bridgehead atoms. The molecule has 0 atom stereocenters. The van der Waals surface area contributed by atoms with E-state index in [1.54, 1.807) is 11.3 Å². The average molecular weight is 399 g/mol. The summed E-state index contributed by atoms with van der Waals surface area (Å²) >= 11 is 1.73. The first kappa shape index (κ1) is 18.1. The van der Waals surface area contributed by atoms with Crippen molar-refractivity contribution in [3.63, 3.8) is 0 Å². The molecule has 3 aliphatic rings. The highest BCUT2D eigenvalue weighted by atomic mass is 32.1. The lowest BCUT2D eigenvalue weighted by Gasteiger charge is -2.36. The maximum absolute atomic E-state index is 13.7. The minimum Gasteiger partial charge on any atom is -0.378 e. The van der Waals surface area contributed by atoms with Gasteiger partial charge < -0.3 is 14.5 Å². The number of rotatable bonds is 3. The molecule has 5 rings (SSSR count). The Balaban J connectivity index is 1.39. The highest BCUT2D eigenvalue weighted by Gasteiger charge is 2.46.